The van der Waals surface area contributed by atoms with Crippen LogP contribution in [0.25, 0.3) is 10.2 Å². The Morgan fingerprint density at radius 3 is 2.62 bits per heavy atom. The van der Waals surface area contributed by atoms with Gasteiger partial charge >= 0.3 is 0 Å². The van der Waals surface area contributed by atoms with Gasteiger partial charge in [0.2, 0.25) is 0 Å². The molecule has 1 amide bonds. The van der Waals surface area contributed by atoms with Crippen LogP contribution < -0.4 is 10.1 Å². The zero-order chi connectivity index (χ0) is 17.3. The molecule has 2 aromatic carbocycles. The Morgan fingerprint density at radius 1 is 1.21 bits per heavy atom. The third-order valence-corrected chi connectivity index (χ3v) is 5.10. The minimum absolute atomic E-state index is 0.0739. The second-order valence-electron chi connectivity index (χ2n) is 5.70. The van der Waals surface area contributed by atoms with Crippen LogP contribution in [-0.2, 0) is 4.79 Å². The van der Waals surface area contributed by atoms with Gasteiger partial charge in [0.1, 0.15) is 5.75 Å². The van der Waals surface area contributed by atoms with Crippen molar-refractivity contribution >= 4 is 44.2 Å². The molecule has 0 radical (unpaired) electrons. The van der Waals surface area contributed by atoms with Crippen molar-refractivity contribution in [1.29, 1.82) is 0 Å². The van der Waals surface area contributed by atoms with Gasteiger partial charge in [-0.3, -0.25) is 10.1 Å². The number of hydrogen-bond donors (Lipinski definition) is 1. The topological polar surface area (TPSA) is 51.2 Å². The summed E-state index contributed by atoms with van der Waals surface area (Å²) in [7, 11) is 0. The van der Waals surface area contributed by atoms with Crippen molar-refractivity contribution in [2.75, 3.05) is 11.9 Å². The molecule has 1 aromatic heterocycles. The first kappa shape index (κ1) is 16.7. The molecule has 124 valence electrons. The van der Waals surface area contributed by atoms with Crippen LogP contribution in [0.1, 0.15) is 16.7 Å². The molecule has 6 heteroatoms. The minimum atomic E-state index is -0.240. The smallest absolute Gasteiger partial charge is 0.264 e. The van der Waals surface area contributed by atoms with Crippen LogP contribution in [0.3, 0.4) is 0 Å². The van der Waals surface area contributed by atoms with Gasteiger partial charge < -0.3 is 4.74 Å². The van der Waals surface area contributed by atoms with Gasteiger partial charge in [-0.15, -0.1) is 0 Å². The Kier molecular flexibility index (Phi) is 4.73. The second-order valence-corrected chi connectivity index (χ2v) is 7.11. The van der Waals surface area contributed by atoms with Crippen molar-refractivity contribution in [3.8, 4) is 5.75 Å². The molecule has 0 unspecified atom stereocenters. The number of thiazole rings is 1. The van der Waals surface area contributed by atoms with Crippen LogP contribution in [0.15, 0.2) is 30.3 Å². The Hall–Kier alpha value is -2.11. The predicted octanol–water partition coefficient (Wildman–Crippen LogP) is 4.89. The molecule has 0 saturated heterocycles. The Bertz CT molecular complexity index is 898. The molecule has 4 nitrogen and oxygen atoms in total. The van der Waals surface area contributed by atoms with Crippen molar-refractivity contribution in [3.63, 3.8) is 0 Å². The third-order valence-electron chi connectivity index (χ3n) is 3.57. The van der Waals surface area contributed by atoms with Crippen LogP contribution in [0.2, 0.25) is 5.02 Å². The third kappa shape index (κ3) is 3.68. The SMILES string of the molecule is Cc1ccc2nc(NC(=O)COc3cc(C)c(Cl)c(C)c3)sc2c1. The highest BCUT2D eigenvalue weighted by Gasteiger charge is 2.10. The van der Waals surface area contributed by atoms with Crippen molar-refractivity contribution in [2.45, 2.75) is 20.8 Å². The number of hydrogen-bond acceptors (Lipinski definition) is 4. The monoisotopic (exact) mass is 360 g/mol. The van der Waals surface area contributed by atoms with Gasteiger partial charge in [-0.1, -0.05) is 29.0 Å². The van der Waals surface area contributed by atoms with Crippen LogP contribution in [0, 0.1) is 20.8 Å². The molecule has 0 atom stereocenters. The summed E-state index contributed by atoms with van der Waals surface area (Å²) in [6.45, 7) is 5.77. The number of ether oxygens (including phenoxy) is 1. The summed E-state index contributed by atoms with van der Waals surface area (Å²) in [5, 5.41) is 4.07. The second kappa shape index (κ2) is 6.79. The maximum absolute atomic E-state index is 12.1. The Morgan fingerprint density at radius 2 is 1.92 bits per heavy atom. The first-order valence-corrected chi connectivity index (χ1v) is 8.68. The van der Waals surface area contributed by atoms with Gasteiger partial charge in [0.05, 0.1) is 10.2 Å². The normalized spacial score (nSPS) is 10.8. The van der Waals surface area contributed by atoms with E-state index in [-0.39, 0.29) is 12.5 Å². The van der Waals surface area contributed by atoms with Crippen molar-refractivity contribution in [3.05, 3.63) is 52.0 Å². The largest absolute Gasteiger partial charge is 0.484 e. The lowest BCUT2D eigenvalue weighted by Gasteiger charge is -2.09. The molecule has 0 aliphatic rings. The zero-order valence-corrected chi connectivity index (χ0v) is 15.2. The van der Waals surface area contributed by atoms with E-state index < -0.39 is 0 Å². The number of carbonyl (C=O) groups excluding carboxylic acids is 1. The van der Waals surface area contributed by atoms with Crippen molar-refractivity contribution in [1.82, 2.24) is 4.98 Å². The molecule has 0 aliphatic heterocycles. The summed E-state index contributed by atoms with van der Waals surface area (Å²) in [5.74, 6) is 0.389. The van der Waals surface area contributed by atoms with Gasteiger partial charge in [-0.25, -0.2) is 4.98 Å². The molecule has 0 fully saturated rings. The van der Waals surface area contributed by atoms with E-state index in [9.17, 15) is 4.79 Å². The van der Waals surface area contributed by atoms with E-state index in [0.717, 1.165) is 26.4 Å². The zero-order valence-electron chi connectivity index (χ0n) is 13.6. The molecular weight excluding hydrogens is 344 g/mol. The highest BCUT2D eigenvalue weighted by atomic mass is 35.5. The number of amides is 1. The number of halogens is 1. The fourth-order valence-electron chi connectivity index (χ4n) is 2.38. The van der Waals surface area contributed by atoms with Crippen LogP contribution >= 0.6 is 22.9 Å². The summed E-state index contributed by atoms with van der Waals surface area (Å²) >= 11 is 7.58. The van der Waals surface area contributed by atoms with E-state index in [0.29, 0.717) is 10.9 Å². The predicted molar refractivity (Wildman–Crippen MR) is 99.4 cm³/mol. The average Bonchev–Trinajstić information content (AvgIpc) is 2.91. The standard InChI is InChI=1S/C18H17ClN2O2S/c1-10-4-5-14-15(6-10)24-18(20-14)21-16(22)9-23-13-7-11(2)17(19)12(3)8-13/h4-8H,9H2,1-3H3,(H,20,21,22). The minimum Gasteiger partial charge on any atom is -0.484 e. The van der Waals surface area contributed by atoms with E-state index in [2.05, 4.69) is 16.4 Å². The number of nitrogens with one attached hydrogen (secondary N) is 1. The molecule has 0 spiro atoms. The van der Waals surface area contributed by atoms with Crippen LogP contribution in [-0.4, -0.2) is 17.5 Å². The molecule has 1 heterocycles. The maximum Gasteiger partial charge on any atom is 0.264 e. The van der Waals surface area contributed by atoms with Crippen LogP contribution in [0.5, 0.6) is 5.75 Å². The lowest BCUT2D eigenvalue weighted by Crippen LogP contribution is -2.20. The molecule has 3 rings (SSSR count). The van der Waals surface area contributed by atoms with Gasteiger partial charge in [-0.05, 0) is 61.7 Å². The summed E-state index contributed by atoms with van der Waals surface area (Å²) in [5.41, 5.74) is 3.90. The van der Waals surface area contributed by atoms with Crippen LogP contribution in [0.4, 0.5) is 5.13 Å². The summed E-state index contributed by atoms with van der Waals surface area (Å²) in [4.78, 5) is 16.5. The van der Waals surface area contributed by atoms with Gasteiger partial charge in [0.15, 0.2) is 11.7 Å². The van der Waals surface area contributed by atoms with Gasteiger partial charge in [0, 0.05) is 5.02 Å². The van der Waals surface area contributed by atoms with Crippen molar-refractivity contribution in [2.24, 2.45) is 0 Å². The van der Waals surface area contributed by atoms with E-state index in [1.807, 2.05) is 45.0 Å². The fraction of sp³-hybridized carbons (Fsp3) is 0.222. The van der Waals surface area contributed by atoms with E-state index in [1.54, 1.807) is 0 Å². The highest BCUT2D eigenvalue weighted by molar-refractivity contribution is 7.22. The van der Waals surface area contributed by atoms with E-state index in [1.165, 1.54) is 16.9 Å². The number of nitrogens with zero attached hydrogens (tertiary/aromatic N) is 1. The number of fused-ring (bicyclic) bond motifs is 1. The number of anilines is 1. The molecule has 0 bridgehead atoms. The number of carbonyl (C=O) groups is 1. The first-order chi connectivity index (χ1) is 11.4. The lowest BCUT2D eigenvalue weighted by molar-refractivity contribution is -0.118. The number of rotatable bonds is 4. The molecule has 0 aliphatic carbocycles. The molecule has 1 N–H and O–H groups in total. The quantitative estimate of drug-likeness (QED) is 0.720. The Labute approximate surface area is 149 Å². The summed E-state index contributed by atoms with van der Waals surface area (Å²) < 4.78 is 6.61. The summed E-state index contributed by atoms with van der Waals surface area (Å²) in [6, 6.07) is 9.65. The first-order valence-electron chi connectivity index (χ1n) is 7.49. The van der Waals surface area contributed by atoms with Crippen molar-refractivity contribution < 1.29 is 9.53 Å². The van der Waals surface area contributed by atoms with Gasteiger partial charge in [-0.2, -0.15) is 0 Å². The highest BCUT2D eigenvalue weighted by Crippen LogP contribution is 2.27. The Balaban J connectivity index is 1.64. The van der Waals surface area contributed by atoms with E-state index >= 15 is 0 Å². The maximum atomic E-state index is 12.1. The summed E-state index contributed by atoms with van der Waals surface area (Å²) in [6.07, 6.45) is 0. The fourth-order valence-corrected chi connectivity index (χ4v) is 3.47. The van der Waals surface area contributed by atoms with Gasteiger partial charge in [0.25, 0.3) is 5.91 Å². The number of aryl methyl sites for hydroxylation is 3. The average molecular weight is 361 g/mol. The lowest BCUT2D eigenvalue weighted by atomic mass is 10.1. The molecular formula is C18H17ClN2O2S. The van der Waals surface area contributed by atoms with E-state index in [4.69, 9.17) is 16.3 Å². The number of benzene rings is 2. The molecule has 24 heavy (non-hydrogen) atoms. The molecule has 0 saturated carbocycles. The number of aromatic nitrogens is 1. The molecule has 3 aromatic rings.